The highest BCUT2D eigenvalue weighted by Gasteiger charge is 2.21. The Labute approximate surface area is 119 Å². The fourth-order valence-electron chi connectivity index (χ4n) is 1.86. The SMILES string of the molecule is CCCCn1c(N)c(NC(C)(C)CC)c(=O)n(C)c1=O. The number of nitrogens with two attached hydrogens (primary N) is 1. The second-order valence-electron chi connectivity index (χ2n) is 5.77. The summed E-state index contributed by atoms with van der Waals surface area (Å²) in [6.45, 7) is 8.58. The van der Waals surface area contributed by atoms with Crippen molar-refractivity contribution in [2.24, 2.45) is 7.05 Å². The molecule has 1 heterocycles. The molecule has 0 spiro atoms. The molecule has 0 amide bonds. The minimum Gasteiger partial charge on any atom is -0.383 e. The molecule has 0 aromatic carbocycles. The maximum atomic E-state index is 12.2. The van der Waals surface area contributed by atoms with E-state index in [-0.39, 0.29) is 22.6 Å². The van der Waals surface area contributed by atoms with Gasteiger partial charge < -0.3 is 11.1 Å². The molecule has 3 N–H and O–H groups in total. The second kappa shape index (κ2) is 6.15. The van der Waals surface area contributed by atoms with Crippen LogP contribution in [0.2, 0.25) is 0 Å². The molecule has 1 aromatic heterocycles. The van der Waals surface area contributed by atoms with Crippen LogP contribution in [0.3, 0.4) is 0 Å². The summed E-state index contributed by atoms with van der Waals surface area (Å²) in [5, 5.41) is 3.17. The van der Waals surface area contributed by atoms with Crippen LogP contribution in [0, 0.1) is 0 Å². The third-order valence-corrected chi connectivity index (χ3v) is 3.67. The van der Waals surface area contributed by atoms with Crippen molar-refractivity contribution in [2.75, 3.05) is 11.1 Å². The summed E-state index contributed by atoms with van der Waals surface area (Å²) in [5.74, 6) is 0.230. The molecule has 0 fully saturated rings. The van der Waals surface area contributed by atoms with Crippen molar-refractivity contribution in [3.63, 3.8) is 0 Å². The lowest BCUT2D eigenvalue weighted by molar-refractivity contribution is 0.537. The predicted octanol–water partition coefficient (Wildman–Crippen LogP) is 1.53. The van der Waals surface area contributed by atoms with Crippen LogP contribution in [0.25, 0.3) is 0 Å². The van der Waals surface area contributed by atoms with Gasteiger partial charge in [0.15, 0.2) is 0 Å². The average molecular weight is 282 g/mol. The Morgan fingerprint density at radius 2 is 1.85 bits per heavy atom. The van der Waals surface area contributed by atoms with E-state index in [1.807, 2.05) is 27.7 Å². The van der Waals surface area contributed by atoms with Crippen molar-refractivity contribution in [2.45, 2.75) is 59.0 Å². The molecule has 0 unspecified atom stereocenters. The predicted molar refractivity (Wildman–Crippen MR) is 83.3 cm³/mol. The first-order valence-electron chi connectivity index (χ1n) is 7.12. The van der Waals surface area contributed by atoms with E-state index in [0.717, 1.165) is 23.8 Å². The highest BCUT2D eigenvalue weighted by Crippen LogP contribution is 2.19. The molecule has 0 saturated heterocycles. The fraction of sp³-hybridized carbons (Fsp3) is 0.714. The standard InChI is InChI=1S/C14H26N4O2/c1-6-8-9-18-11(15)10(16-14(3,4)7-2)12(19)17(5)13(18)20/h16H,6-9,15H2,1-5H3. The van der Waals surface area contributed by atoms with Gasteiger partial charge in [-0.1, -0.05) is 20.3 Å². The summed E-state index contributed by atoms with van der Waals surface area (Å²) < 4.78 is 2.58. The van der Waals surface area contributed by atoms with Crippen LogP contribution in [0.4, 0.5) is 11.5 Å². The summed E-state index contributed by atoms with van der Waals surface area (Å²) in [5.41, 5.74) is 5.37. The molecule has 0 atom stereocenters. The lowest BCUT2D eigenvalue weighted by Gasteiger charge is -2.27. The van der Waals surface area contributed by atoms with E-state index in [1.165, 1.54) is 11.6 Å². The van der Waals surface area contributed by atoms with E-state index >= 15 is 0 Å². The number of nitrogens with one attached hydrogen (secondary N) is 1. The molecule has 6 nitrogen and oxygen atoms in total. The lowest BCUT2D eigenvalue weighted by Crippen LogP contribution is -2.43. The van der Waals surface area contributed by atoms with Gasteiger partial charge in [0.2, 0.25) is 0 Å². The molecule has 0 radical (unpaired) electrons. The minimum absolute atomic E-state index is 0.230. The largest absolute Gasteiger partial charge is 0.383 e. The molecule has 0 bridgehead atoms. The lowest BCUT2D eigenvalue weighted by atomic mass is 10.0. The van der Waals surface area contributed by atoms with Crippen molar-refractivity contribution < 1.29 is 0 Å². The maximum Gasteiger partial charge on any atom is 0.332 e. The first kappa shape index (κ1) is 16.3. The number of hydrogen-bond acceptors (Lipinski definition) is 4. The molecule has 0 aliphatic rings. The summed E-state index contributed by atoms with van der Waals surface area (Å²) in [6, 6.07) is 0. The zero-order chi connectivity index (χ0) is 15.5. The molecule has 0 aliphatic carbocycles. The molecule has 0 aliphatic heterocycles. The van der Waals surface area contributed by atoms with Crippen molar-refractivity contribution in [1.82, 2.24) is 9.13 Å². The van der Waals surface area contributed by atoms with Gasteiger partial charge in [-0.25, -0.2) is 4.79 Å². The normalized spacial score (nSPS) is 11.7. The third kappa shape index (κ3) is 3.23. The Balaban J connectivity index is 3.41. The summed E-state index contributed by atoms with van der Waals surface area (Å²) in [6.07, 6.45) is 2.64. The summed E-state index contributed by atoms with van der Waals surface area (Å²) in [4.78, 5) is 24.4. The zero-order valence-corrected chi connectivity index (χ0v) is 13.1. The van der Waals surface area contributed by atoms with Crippen LogP contribution < -0.4 is 22.3 Å². The number of nitrogens with zero attached hydrogens (tertiary/aromatic N) is 2. The molecule has 1 aromatic rings. The van der Waals surface area contributed by atoms with Crippen LogP contribution in [-0.4, -0.2) is 14.7 Å². The molecule has 20 heavy (non-hydrogen) atoms. The topological polar surface area (TPSA) is 82.0 Å². The van der Waals surface area contributed by atoms with E-state index in [9.17, 15) is 9.59 Å². The van der Waals surface area contributed by atoms with Crippen molar-refractivity contribution >= 4 is 11.5 Å². The summed E-state index contributed by atoms with van der Waals surface area (Å²) in [7, 11) is 1.48. The number of nitrogen functional groups attached to an aromatic ring is 1. The Bertz CT molecular complexity index is 584. The van der Waals surface area contributed by atoms with Gasteiger partial charge in [0.1, 0.15) is 11.5 Å². The van der Waals surface area contributed by atoms with Crippen molar-refractivity contribution in [1.29, 1.82) is 0 Å². The molecular weight excluding hydrogens is 256 g/mol. The minimum atomic E-state index is -0.373. The quantitative estimate of drug-likeness (QED) is 0.829. The van der Waals surface area contributed by atoms with Gasteiger partial charge in [0, 0.05) is 19.1 Å². The van der Waals surface area contributed by atoms with E-state index < -0.39 is 0 Å². The van der Waals surface area contributed by atoms with Gasteiger partial charge in [-0.05, 0) is 26.7 Å². The highest BCUT2D eigenvalue weighted by atomic mass is 16.2. The smallest absolute Gasteiger partial charge is 0.332 e. The number of hydrogen-bond donors (Lipinski definition) is 2. The van der Waals surface area contributed by atoms with Crippen LogP contribution in [-0.2, 0) is 13.6 Å². The van der Waals surface area contributed by atoms with Crippen molar-refractivity contribution in [3.05, 3.63) is 20.8 Å². The highest BCUT2D eigenvalue weighted by molar-refractivity contribution is 5.61. The van der Waals surface area contributed by atoms with Crippen LogP contribution in [0.15, 0.2) is 9.59 Å². The van der Waals surface area contributed by atoms with Crippen molar-refractivity contribution in [3.8, 4) is 0 Å². The van der Waals surface area contributed by atoms with Gasteiger partial charge in [0.25, 0.3) is 5.56 Å². The molecule has 6 heteroatoms. The van der Waals surface area contributed by atoms with Gasteiger partial charge in [-0.3, -0.25) is 13.9 Å². The number of aromatic nitrogens is 2. The average Bonchev–Trinajstić information content (AvgIpc) is 2.41. The van der Waals surface area contributed by atoms with E-state index in [2.05, 4.69) is 5.32 Å². The van der Waals surface area contributed by atoms with Gasteiger partial charge in [-0.2, -0.15) is 0 Å². The molecule has 114 valence electrons. The Kier molecular flexibility index (Phi) is 5.03. The summed E-state index contributed by atoms with van der Waals surface area (Å²) >= 11 is 0. The number of anilines is 2. The van der Waals surface area contributed by atoms with E-state index in [4.69, 9.17) is 5.73 Å². The Hall–Kier alpha value is -1.72. The monoisotopic (exact) mass is 282 g/mol. The first-order valence-corrected chi connectivity index (χ1v) is 7.12. The van der Waals surface area contributed by atoms with Gasteiger partial charge in [-0.15, -0.1) is 0 Å². The van der Waals surface area contributed by atoms with E-state index in [1.54, 1.807) is 0 Å². The molecular formula is C14H26N4O2. The van der Waals surface area contributed by atoms with E-state index in [0.29, 0.717) is 12.2 Å². The Morgan fingerprint density at radius 1 is 1.25 bits per heavy atom. The van der Waals surface area contributed by atoms with Gasteiger partial charge >= 0.3 is 5.69 Å². The van der Waals surface area contributed by atoms with Crippen LogP contribution >= 0.6 is 0 Å². The molecule has 1 rings (SSSR count). The zero-order valence-electron chi connectivity index (χ0n) is 13.1. The second-order valence-corrected chi connectivity index (χ2v) is 5.77. The number of rotatable bonds is 6. The third-order valence-electron chi connectivity index (χ3n) is 3.67. The fourth-order valence-corrected chi connectivity index (χ4v) is 1.86. The Morgan fingerprint density at radius 3 is 2.35 bits per heavy atom. The van der Waals surface area contributed by atoms with Crippen LogP contribution in [0.1, 0.15) is 47.0 Å². The number of unbranched alkanes of at least 4 members (excludes halogenated alkanes) is 1. The maximum absolute atomic E-state index is 12.2. The van der Waals surface area contributed by atoms with Crippen LogP contribution in [0.5, 0.6) is 0 Å². The molecule has 0 saturated carbocycles. The first-order chi connectivity index (χ1) is 9.25. The van der Waals surface area contributed by atoms with Gasteiger partial charge in [0.05, 0.1) is 0 Å².